The van der Waals surface area contributed by atoms with Crippen LogP contribution >= 0.6 is 0 Å². The van der Waals surface area contributed by atoms with Crippen molar-refractivity contribution < 1.29 is 4.79 Å². The molecule has 0 saturated carbocycles. The van der Waals surface area contributed by atoms with Crippen molar-refractivity contribution in [3.05, 3.63) is 29.8 Å². The summed E-state index contributed by atoms with van der Waals surface area (Å²) in [5.74, 6) is 0.208. The van der Waals surface area contributed by atoms with Crippen LogP contribution in [0.15, 0.2) is 24.3 Å². The van der Waals surface area contributed by atoms with E-state index in [-0.39, 0.29) is 17.9 Å². The predicted octanol–water partition coefficient (Wildman–Crippen LogP) is 1.95. The highest BCUT2D eigenvalue weighted by molar-refractivity contribution is 5.99. The van der Waals surface area contributed by atoms with Gasteiger partial charge < -0.3 is 10.6 Å². The number of benzene rings is 1. The van der Waals surface area contributed by atoms with E-state index >= 15 is 0 Å². The number of carbonyl (C=O) groups excluding carboxylic acids is 1. The minimum atomic E-state index is -0.413. The van der Waals surface area contributed by atoms with Crippen LogP contribution in [0.2, 0.25) is 0 Å². The van der Waals surface area contributed by atoms with E-state index in [0.717, 1.165) is 12.1 Å². The molecule has 3 nitrogen and oxygen atoms in total. The number of carbonyl (C=O) groups is 1. The zero-order valence-corrected chi connectivity index (χ0v) is 10.7. The zero-order valence-electron chi connectivity index (χ0n) is 10.7. The fraction of sp³-hybridized carbons (Fsp3) is 0.500. The molecule has 1 heterocycles. The fourth-order valence-electron chi connectivity index (χ4n) is 2.35. The van der Waals surface area contributed by atoms with Crippen LogP contribution in [-0.2, 0) is 11.2 Å². The zero-order chi connectivity index (χ0) is 12.6. The second-order valence-corrected chi connectivity index (χ2v) is 5.16. The lowest BCUT2D eigenvalue weighted by atomic mass is 10.0. The van der Waals surface area contributed by atoms with Gasteiger partial charge in [-0.15, -0.1) is 0 Å². The third-order valence-corrected chi connectivity index (χ3v) is 3.45. The molecule has 1 aliphatic heterocycles. The molecule has 0 radical (unpaired) electrons. The number of hydrogen-bond donors (Lipinski definition) is 1. The molecule has 2 rings (SSSR count). The number of rotatable bonds is 2. The van der Waals surface area contributed by atoms with E-state index in [4.69, 9.17) is 5.73 Å². The van der Waals surface area contributed by atoms with Crippen LogP contribution < -0.4 is 10.6 Å². The van der Waals surface area contributed by atoms with E-state index in [0.29, 0.717) is 0 Å². The molecule has 2 N–H and O–H groups in total. The highest BCUT2D eigenvalue weighted by atomic mass is 16.2. The smallest absolute Gasteiger partial charge is 0.244 e. The van der Waals surface area contributed by atoms with E-state index < -0.39 is 6.04 Å². The van der Waals surface area contributed by atoms with Crippen LogP contribution in [-0.4, -0.2) is 18.0 Å². The Morgan fingerprint density at radius 1 is 1.41 bits per heavy atom. The van der Waals surface area contributed by atoms with Gasteiger partial charge in [-0.25, -0.2) is 0 Å². The van der Waals surface area contributed by atoms with Crippen LogP contribution in [0.1, 0.15) is 26.3 Å². The summed E-state index contributed by atoms with van der Waals surface area (Å²) in [6.07, 6.45) is 0.923. The number of anilines is 1. The minimum Gasteiger partial charge on any atom is -0.320 e. The van der Waals surface area contributed by atoms with Crippen LogP contribution in [0.4, 0.5) is 5.69 Å². The van der Waals surface area contributed by atoms with E-state index in [9.17, 15) is 4.79 Å². The molecule has 17 heavy (non-hydrogen) atoms. The lowest BCUT2D eigenvalue weighted by Crippen LogP contribution is -2.48. The number of hydrogen-bond acceptors (Lipinski definition) is 2. The van der Waals surface area contributed by atoms with Gasteiger partial charge in [0, 0.05) is 11.7 Å². The first-order valence-corrected chi connectivity index (χ1v) is 6.19. The molecule has 1 aromatic rings. The molecular formula is C14H20N2O. The third kappa shape index (κ3) is 2.07. The average molecular weight is 232 g/mol. The van der Waals surface area contributed by atoms with Crippen molar-refractivity contribution in [2.75, 3.05) is 4.90 Å². The van der Waals surface area contributed by atoms with Gasteiger partial charge in [0.1, 0.15) is 0 Å². The second kappa shape index (κ2) is 4.49. The van der Waals surface area contributed by atoms with Gasteiger partial charge in [0.15, 0.2) is 0 Å². The topological polar surface area (TPSA) is 46.3 Å². The molecule has 0 aliphatic carbocycles. The van der Waals surface area contributed by atoms with Gasteiger partial charge in [-0.3, -0.25) is 4.79 Å². The number of amides is 1. The Kier molecular flexibility index (Phi) is 3.20. The second-order valence-electron chi connectivity index (χ2n) is 5.16. The van der Waals surface area contributed by atoms with E-state index in [2.05, 4.69) is 13.0 Å². The first kappa shape index (κ1) is 12.1. The average Bonchev–Trinajstić information content (AvgIpc) is 2.62. The molecule has 2 atom stereocenters. The van der Waals surface area contributed by atoms with Crippen LogP contribution in [0, 0.1) is 5.92 Å². The quantitative estimate of drug-likeness (QED) is 0.847. The van der Waals surface area contributed by atoms with Crippen LogP contribution in [0.3, 0.4) is 0 Å². The summed E-state index contributed by atoms with van der Waals surface area (Å²) in [5.41, 5.74) is 8.24. The normalized spacial score (nSPS) is 20.5. The van der Waals surface area contributed by atoms with Crippen molar-refractivity contribution in [2.45, 2.75) is 39.3 Å². The molecule has 1 aromatic carbocycles. The maximum absolute atomic E-state index is 12.4. The van der Waals surface area contributed by atoms with E-state index in [1.807, 2.05) is 36.9 Å². The van der Waals surface area contributed by atoms with Crippen molar-refractivity contribution in [3.63, 3.8) is 0 Å². The molecule has 0 saturated heterocycles. The molecule has 0 fully saturated rings. The number of fused-ring (bicyclic) bond motifs is 1. The van der Waals surface area contributed by atoms with E-state index in [1.165, 1.54) is 5.56 Å². The Morgan fingerprint density at radius 2 is 2.06 bits per heavy atom. The Balaban J connectivity index is 2.30. The third-order valence-electron chi connectivity index (χ3n) is 3.45. The van der Waals surface area contributed by atoms with Gasteiger partial charge in [-0.2, -0.15) is 0 Å². The summed E-state index contributed by atoms with van der Waals surface area (Å²) in [4.78, 5) is 14.2. The summed E-state index contributed by atoms with van der Waals surface area (Å²) in [6, 6.07) is 7.87. The van der Waals surface area contributed by atoms with Crippen molar-refractivity contribution >= 4 is 11.6 Å². The largest absolute Gasteiger partial charge is 0.320 e. The molecule has 1 unspecified atom stereocenters. The van der Waals surface area contributed by atoms with Gasteiger partial charge in [0.05, 0.1) is 6.04 Å². The maximum Gasteiger partial charge on any atom is 0.244 e. The predicted molar refractivity (Wildman–Crippen MR) is 69.9 cm³/mol. The number of para-hydroxylation sites is 1. The van der Waals surface area contributed by atoms with Gasteiger partial charge >= 0.3 is 0 Å². The Morgan fingerprint density at radius 3 is 2.71 bits per heavy atom. The van der Waals surface area contributed by atoms with Gasteiger partial charge in [-0.05, 0) is 30.9 Å². The summed E-state index contributed by atoms with van der Waals surface area (Å²) < 4.78 is 0. The molecule has 92 valence electrons. The van der Waals surface area contributed by atoms with Crippen molar-refractivity contribution in [1.82, 2.24) is 0 Å². The summed E-state index contributed by atoms with van der Waals surface area (Å²) in [7, 11) is 0. The summed E-state index contributed by atoms with van der Waals surface area (Å²) in [6.45, 7) is 6.04. The highest BCUT2D eigenvalue weighted by Crippen LogP contribution is 2.32. The molecule has 0 spiro atoms. The van der Waals surface area contributed by atoms with Crippen molar-refractivity contribution in [3.8, 4) is 0 Å². The van der Waals surface area contributed by atoms with E-state index in [1.54, 1.807) is 0 Å². The molecule has 1 amide bonds. The Hall–Kier alpha value is -1.35. The number of nitrogens with zero attached hydrogens (tertiary/aromatic N) is 1. The van der Waals surface area contributed by atoms with Crippen molar-refractivity contribution in [2.24, 2.45) is 11.7 Å². The fourth-order valence-corrected chi connectivity index (χ4v) is 2.35. The highest BCUT2D eigenvalue weighted by Gasteiger charge is 2.33. The van der Waals surface area contributed by atoms with Crippen LogP contribution in [0.5, 0.6) is 0 Å². The molecule has 0 aromatic heterocycles. The molecule has 1 aliphatic rings. The lowest BCUT2D eigenvalue weighted by Gasteiger charge is -2.27. The Bertz CT molecular complexity index is 428. The van der Waals surface area contributed by atoms with Gasteiger partial charge in [-0.1, -0.05) is 32.0 Å². The molecule has 0 bridgehead atoms. The molecule has 3 heteroatoms. The minimum absolute atomic E-state index is 0.0393. The first-order chi connectivity index (χ1) is 8.02. The lowest BCUT2D eigenvalue weighted by molar-refractivity contribution is -0.121. The summed E-state index contributed by atoms with van der Waals surface area (Å²) in [5, 5.41) is 0. The monoisotopic (exact) mass is 232 g/mol. The van der Waals surface area contributed by atoms with Crippen LogP contribution in [0.25, 0.3) is 0 Å². The summed E-state index contributed by atoms with van der Waals surface area (Å²) >= 11 is 0. The first-order valence-electron chi connectivity index (χ1n) is 6.19. The number of nitrogens with two attached hydrogens (primary N) is 1. The van der Waals surface area contributed by atoms with Crippen molar-refractivity contribution in [1.29, 1.82) is 0 Å². The SMILES string of the molecule is CC(C)[C@@H](N)C(=O)N1c2ccccc2CC1C. The van der Waals surface area contributed by atoms with Gasteiger partial charge in [0.25, 0.3) is 0 Å². The Labute approximate surface area is 103 Å². The standard InChI is InChI=1S/C14H20N2O/c1-9(2)13(15)14(17)16-10(3)8-11-6-4-5-7-12(11)16/h4-7,9-10,13H,8,15H2,1-3H3/t10?,13-/m1/s1. The van der Waals surface area contributed by atoms with Gasteiger partial charge in [0.2, 0.25) is 5.91 Å². The maximum atomic E-state index is 12.4. The molecular weight excluding hydrogens is 212 g/mol.